The number of carbonyl (C=O) groups is 2. The quantitative estimate of drug-likeness (QED) is 0.594. The average molecular weight is 415 g/mol. The first-order chi connectivity index (χ1) is 13.9. The molecule has 3 aromatic rings. The molecule has 0 atom stereocenters. The fourth-order valence-electron chi connectivity index (χ4n) is 2.70. The molecule has 0 bridgehead atoms. The van der Waals surface area contributed by atoms with Crippen LogP contribution in [0.1, 0.15) is 37.7 Å². The van der Waals surface area contributed by atoms with Gasteiger partial charge in [0.1, 0.15) is 18.1 Å². The lowest BCUT2D eigenvalue weighted by atomic mass is 10.1. The maximum atomic E-state index is 12.8. The minimum atomic E-state index is -0.490. The molecule has 0 aliphatic carbocycles. The second-order valence-corrected chi connectivity index (χ2v) is 6.69. The van der Waals surface area contributed by atoms with Crippen molar-refractivity contribution in [2.24, 2.45) is 0 Å². The highest BCUT2D eigenvalue weighted by Gasteiger charge is 2.17. The topological polar surface area (TPSA) is 90.7 Å². The first-order valence-electron chi connectivity index (χ1n) is 8.73. The van der Waals surface area contributed by atoms with Crippen molar-refractivity contribution in [2.75, 3.05) is 12.4 Å². The largest absolute Gasteiger partial charge is 0.488 e. The van der Waals surface area contributed by atoms with Gasteiger partial charge < -0.3 is 19.3 Å². The summed E-state index contributed by atoms with van der Waals surface area (Å²) >= 11 is 6.08. The molecule has 0 saturated heterocycles. The summed E-state index contributed by atoms with van der Waals surface area (Å²) in [6.45, 7) is 3.78. The molecule has 2 aromatic carbocycles. The van der Waals surface area contributed by atoms with E-state index >= 15 is 0 Å². The van der Waals surface area contributed by atoms with E-state index in [4.69, 9.17) is 25.6 Å². The van der Waals surface area contributed by atoms with E-state index < -0.39 is 11.9 Å². The first-order valence-corrected chi connectivity index (χ1v) is 9.10. The van der Waals surface area contributed by atoms with E-state index in [0.29, 0.717) is 33.3 Å². The number of nitrogens with one attached hydrogen (secondary N) is 1. The van der Waals surface area contributed by atoms with Crippen LogP contribution in [0.3, 0.4) is 0 Å². The Hall–Kier alpha value is -3.32. The van der Waals surface area contributed by atoms with E-state index in [1.807, 2.05) is 6.92 Å². The summed E-state index contributed by atoms with van der Waals surface area (Å²) in [5, 5.41) is 7.08. The van der Waals surface area contributed by atoms with E-state index in [-0.39, 0.29) is 6.61 Å². The Morgan fingerprint density at radius 2 is 1.97 bits per heavy atom. The Labute approximate surface area is 172 Å². The Morgan fingerprint density at radius 1 is 1.17 bits per heavy atom. The molecule has 0 aliphatic rings. The second-order valence-electron chi connectivity index (χ2n) is 6.26. The van der Waals surface area contributed by atoms with Gasteiger partial charge >= 0.3 is 5.97 Å². The molecule has 0 fully saturated rings. The van der Waals surface area contributed by atoms with Crippen molar-refractivity contribution in [3.05, 3.63) is 75.6 Å². The lowest BCUT2D eigenvalue weighted by Crippen LogP contribution is -2.14. The minimum Gasteiger partial charge on any atom is -0.488 e. The maximum Gasteiger partial charge on any atom is 0.337 e. The van der Waals surface area contributed by atoms with E-state index in [1.165, 1.54) is 13.2 Å². The summed E-state index contributed by atoms with van der Waals surface area (Å²) in [4.78, 5) is 24.5. The highest BCUT2D eigenvalue weighted by Crippen LogP contribution is 2.26. The summed E-state index contributed by atoms with van der Waals surface area (Å²) in [6, 6.07) is 11.2. The van der Waals surface area contributed by atoms with Gasteiger partial charge in [-0.05, 0) is 50.2 Å². The number of aromatic nitrogens is 1. The van der Waals surface area contributed by atoms with Crippen molar-refractivity contribution >= 4 is 29.2 Å². The maximum absolute atomic E-state index is 12.8. The van der Waals surface area contributed by atoms with E-state index in [0.717, 1.165) is 11.3 Å². The SMILES string of the molecule is COC(=O)c1cccc(NC(=O)c2ccc(Cl)cc2OCc2c(C)noc2C)c1. The van der Waals surface area contributed by atoms with Gasteiger partial charge in [0, 0.05) is 10.7 Å². The Balaban J connectivity index is 1.81. The zero-order valence-electron chi connectivity index (χ0n) is 16.1. The van der Waals surface area contributed by atoms with Gasteiger partial charge in [-0.2, -0.15) is 0 Å². The number of anilines is 1. The van der Waals surface area contributed by atoms with Crippen LogP contribution in [0, 0.1) is 13.8 Å². The fraction of sp³-hybridized carbons (Fsp3) is 0.190. The molecule has 1 heterocycles. The molecule has 0 spiro atoms. The van der Waals surface area contributed by atoms with Crippen LogP contribution in [-0.4, -0.2) is 24.1 Å². The van der Waals surface area contributed by atoms with Gasteiger partial charge in [-0.3, -0.25) is 4.79 Å². The Kier molecular flexibility index (Phi) is 6.19. The molecule has 1 aromatic heterocycles. The smallest absolute Gasteiger partial charge is 0.337 e. The summed E-state index contributed by atoms with van der Waals surface area (Å²) in [5.74, 6) is 0.0720. The molecular formula is C21H19ClN2O5. The number of ether oxygens (including phenoxy) is 2. The van der Waals surface area contributed by atoms with Gasteiger partial charge in [0.15, 0.2) is 0 Å². The van der Waals surface area contributed by atoms with E-state index in [2.05, 4.69) is 10.5 Å². The average Bonchev–Trinajstić information content (AvgIpc) is 3.03. The van der Waals surface area contributed by atoms with Crippen LogP contribution < -0.4 is 10.1 Å². The zero-order valence-corrected chi connectivity index (χ0v) is 16.9. The third kappa shape index (κ3) is 4.75. The van der Waals surface area contributed by atoms with Crippen LogP contribution >= 0.6 is 11.6 Å². The number of aryl methyl sites for hydroxylation is 2. The number of benzene rings is 2. The predicted molar refractivity (Wildman–Crippen MR) is 107 cm³/mol. The van der Waals surface area contributed by atoms with Crippen LogP contribution in [0.25, 0.3) is 0 Å². The van der Waals surface area contributed by atoms with Gasteiger partial charge in [0.25, 0.3) is 5.91 Å². The van der Waals surface area contributed by atoms with Gasteiger partial charge in [-0.1, -0.05) is 22.8 Å². The molecule has 1 amide bonds. The van der Waals surface area contributed by atoms with Crippen molar-refractivity contribution in [1.82, 2.24) is 5.16 Å². The molecule has 3 rings (SSSR count). The molecule has 8 heteroatoms. The van der Waals surface area contributed by atoms with Gasteiger partial charge in [-0.15, -0.1) is 0 Å². The monoisotopic (exact) mass is 414 g/mol. The number of hydrogen-bond donors (Lipinski definition) is 1. The van der Waals surface area contributed by atoms with Crippen LogP contribution in [-0.2, 0) is 11.3 Å². The number of rotatable bonds is 6. The molecule has 0 unspecified atom stereocenters. The van der Waals surface area contributed by atoms with E-state index in [1.54, 1.807) is 43.3 Å². The molecule has 0 saturated carbocycles. The lowest BCUT2D eigenvalue weighted by Gasteiger charge is -2.13. The molecule has 0 radical (unpaired) electrons. The first kappa shape index (κ1) is 20.4. The third-order valence-corrected chi connectivity index (χ3v) is 4.52. The number of carbonyl (C=O) groups excluding carboxylic acids is 2. The molecule has 29 heavy (non-hydrogen) atoms. The molecular weight excluding hydrogens is 396 g/mol. The fourth-order valence-corrected chi connectivity index (χ4v) is 2.86. The standard InChI is InChI=1S/C21H19ClN2O5/c1-12-18(13(2)29-24-12)11-28-19-10-15(22)7-8-17(19)20(25)23-16-6-4-5-14(9-16)21(26)27-3/h4-10H,11H2,1-3H3,(H,23,25). The highest BCUT2D eigenvalue weighted by atomic mass is 35.5. The highest BCUT2D eigenvalue weighted by molar-refractivity contribution is 6.31. The molecule has 7 nitrogen and oxygen atoms in total. The summed E-state index contributed by atoms with van der Waals surface area (Å²) < 4.78 is 15.7. The summed E-state index contributed by atoms with van der Waals surface area (Å²) in [7, 11) is 1.30. The molecule has 150 valence electrons. The van der Waals surface area contributed by atoms with Gasteiger partial charge in [0.05, 0.1) is 29.5 Å². The normalized spacial score (nSPS) is 10.5. The number of amides is 1. The third-order valence-electron chi connectivity index (χ3n) is 4.28. The lowest BCUT2D eigenvalue weighted by molar-refractivity contribution is 0.0600. The van der Waals surface area contributed by atoms with Crippen LogP contribution in [0.5, 0.6) is 5.75 Å². The second kappa shape index (κ2) is 8.79. The van der Waals surface area contributed by atoms with Crippen molar-refractivity contribution in [2.45, 2.75) is 20.5 Å². The number of methoxy groups -OCH3 is 1. The minimum absolute atomic E-state index is 0.180. The van der Waals surface area contributed by atoms with Crippen LogP contribution in [0.15, 0.2) is 47.0 Å². The van der Waals surface area contributed by atoms with E-state index in [9.17, 15) is 9.59 Å². The van der Waals surface area contributed by atoms with Crippen LogP contribution in [0.4, 0.5) is 5.69 Å². The number of nitrogens with zero attached hydrogens (tertiary/aromatic N) is 1. The Morgan fingerprint density at radius 3 is 2.66 bits per heavy atom. The predicted octanol–water partition coefficient (Wildman–Crippen LogP) is 4.56. The number of esters is 1. The Bertz CT molecular complexity index is 1040. The number of halogens is 1. The van der Waals surface area contributed by atoms with Crippen molar-refractivity contribution in [3.8, 4) is 5.75 Å². The summed E-state index contributed by atoms with van der Waals surface area (Å²) in [6.07, 6.45) is 0. The van der Waals surface area contributed by atoms with Crippen molar-refractivity contribution < 1.29 is 23.6 Å². The number of hydrogen-bond acceptors (Lipinski definition) is 6. The van der Waals surface area contributed by atoms with Crippen LogP contribution in [0.2, 0.25) is 5.02 Å². The van der Waals surface area contributed by atoms with Gasteiger partial charge in [0.2, 0.25) is 0 Å². The molecule has 1 N–H and O–H groups in total. The zero-order chi connectivity index (χ0) is 21.0. The van der Waals surface area contributed by atoms with Gasteiger partial charge in [-0.25, -0.2) is 4.79 Å². The molecule has 0 aliphatic heterocycles. The van der Waals surface area contributed by atoms with Crippen molar-refractivity contribution in [1.29, 1.82) is 0 Å². The summed E-state index contributed by atoms with van der Waals surface area (Å²) in [5.41, 5.74) is 2.60. The van der Waals surface area contributed by atoms with Crippen molar-refractivity contribution in [3.63, 3.8) is 0 Å².